The smallest absolute Gasteiger partial charge is 0.340 e. The van der Waals surface area contributed by atoms with Crippen molar-refractivity contribution in [1.29, 1.82) is 0 Å². The van der Waals surface area contributed by atoms with Crippen molar-refractivity contribution in [1.82, 2.24) is 0 Å². The SMILES string of the molecule is O=C1OC2(c3ccc(O)cc3Oc3c2ccc(O)c3N2C(=O)C=CC2=O)c2ccccc21. The first-order valence-electron chi connectivity index (χ1n) is 9.68. The van der Waals surface area contributed by atoms with Crippen molar-refractivity contribution >= 4 is 23.5 Å². The molecule has 3 aromatic rings. The third kappa shape index (κ3) is 2.12. The minimum Gasteiger partial charge on any atom is -0.508 e. The Labute approximate surface area is 180 Å². The fourth-order valence-electron chi connectivity index (χ4n) is 4.54. The summed E-state index contributed by atoms with van der Waals surface area (Å²) in [7, 11) is 0. The van der Waals surface area contributed by atoms with Gasteiger partial charge in [0.25, 0.3) is 11.8 Å². The third-order valence-electron chi connectivity index (χ3n) is 5.85. The van der Waals surface area contributed by atoms with Crippen molar-refractivity contribution in [3.8, 4) is 23.0 Å². The van der Waals surface area contributed by atoms with Crippen LogP contribution in [-0.2, 0) is 19.9 Å². The number of esters is 1. The summed E-state index contributed by atoms with van der Waals surface area (Å²) in [6.07, 6.45) is 2.18. The Morgan fingerprint density at radius 2 is 1.53 bits per heavy atom. The lowest BCUT2D eigenvalue weighted by Gasteiger charge is -2.38. The number of hydrogen-bond donors (Lipinski definition) is 2. The van der Waals surface area contributed by atoms with E-state index in [1.54, 1.807) is 30.3 Å². The lowest BCUT2D eigenvalue weighted by Crippen LogP contribution is -2.35. The van der Waals surface area contributed by atoms with Gasteiger partial charge in [-0.25, -0.2) is 9.69 Å². The molecular weight excluding hydrogens is 414 g/mol. The largest absolute Gasteiger partial charge is 0.508 e. The molecular formula is C24H13NO7. The Morgan fingerprint density at radius 3 is 2.31 bits per heavy atom. The fourth-order valence-corrected chi connectivity index (χ4v) is 4.54. The van der Waals surface area contributed by atoms with E-state index in [4.69, 9.17) is 9.47 Å². The van der Waals surface area contributed by atoms with Crippen molar-refractivity contribution in [2.24, 2.45) is 0 Å². The van der Waals surface area contributed by atoms with Crippen LogP contribution in [0, 0.1) is 0 Å². The van der Waals surface area contributed by atoms with E-state index in [1.807, 2.05) is 0 Å². The van der Waals surface area contributed by atoms with E-state index >= 15 is 0 Å². The van der Waals surface area contributed by atoms with Gasteiger partial charge in [-0.3, -0.25) is 9.59 Å². The first-order chi connectivity index (χ1) is 15.4. The minimum atomic E-state index is -1.47. The van der Waals surface area contributed by atoms with Gasteiger partial charge in [0.15, 0.2) is 11.4 Å². The Kier molecular flexibility index (Phi) is 3.40. The van der Waals surface area contributed by atoms with E-state index in [0.29, 0.717) is 22.3 Å². The zero-order valence-electron chi connectivity index (χ0n) is 16.2. The highest BCUT2D eigenvalue weighted by atomic mass is 16.6. The van der Waals surface area contributed by atoms with Crippen LogP contribution in [0.3, 0.4) is 0 Å². The van der Waals surface area contributed by atoms with Crippen molar-refractivity contribution < 1.29 is 34.1 Å². The summed E-state index contributed by atoms with van der Waals surface area (Å²) in [6, 6.07) is 14.1. The van der Waals surface area contributed by atoms with Crippen LogP contribution in [0.5, 0.6) is 23.0 Å². The van der Waals surface area contributed by atoms with Crippen LogP contribution >= 0.6 is 0 Å². The number of hydrogen-bond acceptors (Lipinski definition) is 7. The number of phenols is 2. The number of aromatic hydroxyl groups is 2. The van der Waals surface area contributed by atoms with Crippen molar-refractivity contribution in [3.63, 3.8) is 0 Å². The number of imide groups is 1. The number of ether oxygens (including phenoxy) is 2. The molecule has 3 aliphatic heterocycles. The molecule has 0 fully saturated rings. The van der Waals surface area contributed by atoms with Crippen LogP contribution in [0.4, 0.5) is 5.69 Å². The molecule has 0 bridgehead atoms. The molecule has 1 atom stereocenters. The van der Waals surface area contributed by atoms with Gasteiger partial charge in [-0.2, -0.15) is 0 Å². The van der Waals surface area contributed by atoms with E-state index in [0.717, 1.165) is 17.1 Å². The summed E-state index contributed by atoms with van der Waals surface area (Å²) >= 11 is 0. The standard InChI is InChI=1S/C24H13NO7/c26-12-5-6-15-18(11-12)31-22-16(24(15)14-4-2-1-3-13(14)23(30)32-24)7-8-17(27)21(22)25-19(28)9-10-20(25)29/h1-11,26-27H. The second kappa shape index (κ2) is 5.98. The van der Waals surface area contributed by atoms with Crippen LogP contribution < -0.4 is 9.64 Å². The number of nitrogens with zero attached hydrogens (tertiary/aromatic N) is 1. The van der Waals surface area contributed by atoms with Gasteiger partial charge in [-0.1, -0.05) is 18.2 Å². The summed E-state index contributed by atoms with van der Waals surface area (Å²) in [6.45, 7) is 0. The lowest BCUT2D eigenvalue weighted by molar-refractivity contribution is -0.120. The number of carbonyl (C=O) groups excluding carboxylic acids is 3. The highest BCUT2D eigenvalue weighted by Crippen LogP contribution is 2.59. The maximum atomic E-state index is 12.8. The number of anilines is 1. The Bertz CT molecular complexity index is 1410. The van der Waals surface area contributed by atoms with Gasteiger partial charge < -0.3 is 19.7 Å². The van der Waals surface area contributed by atoms with E-state index in [2.05, 4.69) is 0 Å². The molecule has 32 heavy (non-hydrogen) atoms. The van der Waals surface area contributed by atoms with Gasteiger partial charge in [0.05, 0.1) is 11.1 Å². The second-order valence-corrected chi connectivity index (χ2v) is 7.55. The van der Waals surface area contributed by atoms with Crippen LogP contribution in [0.2, 0.25) is 0 Å². The summed E-state index contributed by atoms with van der Waals surface area (Å²) in [5.41, 5.74) is 0.0336. The van der Waals surface area contributed by atoms with Gasteiger partial charge in [-0.05, 0) is 30.3 Å². The first-order valence-corrected chi connectivity index (χ1v) is 9.68. The number of fused-ring (bicyclic) bond motifs is 6. The molecule has 0 aliphatic carbocycles. The van der Waals surface area contributed by atoms with Gasteiger partial charge in [0.1, 0.15) is 22.9 Å². The van der Waals surface area contributed by atoms with E-state index in [-0.39, 0.29) is 28.7 Å². The monoisotopic (exact) mass is 427 g/mol. The number of carbonyl (C=O) groups is 3. The molecule has 156 valence electrons. The average Bonchev–Trinajstić information content (AvgIpc) is 3.25. The Hall–Kier alpha value is -4.59. The van der Waals surface area contributed by atoms with Crippen molar-refractivity contribution in [3.05, 3.63) is 89.0 Å². The van der Waals surface area contributed by atoms with Crippen LogP contribution in [0.25, 0.3) is 0 Å². The molecule has 0 radical (unpaired) electrons. The van der Waals surface area contributed by atoms with E-state index < -0.39 is 23.4 Å². The summed E-state index contributed by atoms with van der Waals surface area (Å²) in [5, 5.41) is 20.7. The molecule has 3 aliphatic rings. The van der Waals surface area contributed by atoms with E-state index in [9.17, 15) is 24.6 Å². The first kappa shape index (κ1) is 18.2. The van der Waals surface area contributed by atoms with Gasteiger partial charge in [-0.15, -0.1) is 0 Å². The van der Waals surface area contributed by atoms with Gasteiger partial charge in [0, 0.05) is 29.3 Å². The number of rotatable bonds is 1. The third-order valence-corrected chi connectivity index (χ3v) is 5.85. The molecule has 8 nitrogen and oxygen atoms in total. The molecule has 1 unspecified atom stereocenters. The minimum absolute atomic E-state index is 0.0296. The topological polar surface area (TPSA) is 113 Å². The number of phenolic OH excluding ortho intramolecular Hbond substituents is 2. The van der Waals surface area contributed by atoms with Crippen molar-refractivity contribution in [2.75, 3.05) is 4.90 Å². The summed E-state index contributed by atoms with van der Waals surface area (Å²) < 4.78 is 12.0. The number of benzene rings is 3. The molecule has 8 heteroatoms. The zero-order chi connectivity index (χ0) is 22.2. The Morgan fingerprint density at radius 1 is 0.812 bits per heavy atom. The molecule has 0 saturated heterocycles. The zero-order valence-corrected chi connectivity index (χ0v) is 16.2. The molecule has 3 aromatic carbocycles. The Balaban J connectivity index is 1.72. The maximum absolute atomic E-state index is 12.8. The van der Waals surface area contributed by atoms with Crippen LogP contribution in [-0.4, -0.2) is 28.0 Å². The predicted molar refractivity (Wildman–Crippen MR) is 110 cm³/mol. The lowest BCUT2D eigenvalue weighted by atomic mass is 9.77. The molecule has 2 N–H and O–H groups in total. The van der Waals surface area contributed by atoms with Crippen LogP contribution in [0.1, 0.15) is 27.0 Å². The predicted octanol–water partition coefficient (Wildman–Crippen LogP) is 3.10. The summed E-state index contributed by atoms with van der Waals surface area (Å²) in [5.74, 6) is -2.21. The normalized spacial score (nSPS) is 20.1. The molecule has 2 amide bonds. The van der Waals surface area contributed by atoms with Gasteiger partial charge >= 0.3 is 5.97 Å². The number of amides is 2. The highest BCUT2D eigenvalue weighted by Gasteiger charge is 2.54. The molecule has 0 saturated carbocycles. The molecule has 3 heterocycles. The van der Waals surface area contributed by atoms with Gasteiger partial charge in [0.2, 0.25) is 0 Å². The fraction of sp³-hybridized carbons (Fsp3) is 0.0417. The summed E-state index contributed by atoms with van der Waals surface area (Å²) in [4.78, 5) is 38.5. The molecule has 0 aromatic heterocycles. The molecule has 1 spiro atoms. The highest BCUT2D eigenvalue weighted by molar-refractivity contribution is 6.29. The molecule has 6 rings (SSSR count). The maximum Gasteiger partial charge on any atom is 0.340 e. The van der Waals surface area contributed by atoms with Crippen LogP contribution in [0.15, 0.2) is 66.7 Å². The van der Waals surface area contributed by atoms with Crippen molar-refractivity contribution in [2.45, 2.75) is 5.60 Å². The average molecular weight is 427 g/mol. The quantitative estimate of drug-likeness (QED) is 0.453. The second-order valence-electron chi connectivity index (χ2n) is 7.55. The van der Waals surface area contributed by atoms with E-state index in [1.165, 1.54) is 24.3 Å².